The number of nitrogens with zero attached hydrogens (tertiary/aromatic N) is 2. The number of aryl methyl sites for hydroxylation is 1. The molecule has 1 fully saturated rings. The smallest absolute Gasteiger partial charge is 0.341 e. The Labute approximate surface area is 157 Å². The minimum atomic E-state index is -1.04. The maximum atomic E-state index is 12.7. The van der Waals surface area contributed by atoms with Gasteiger partial charge in [-0.15, -0.1) is 21.5 Å². The van der Waals surface area contributed by atoms with Gasteiger partial charge in [-0.05, 0) is 30.2 Å². The van der Waals surface area contributed by atoms with E-state index in [1.807, 2.05) is 6.92 Å². The van der Waals surface area contributed by atoms with Gasteiger partial charge in [0.15, 0.2) is 12.4 Å². The van der Waals surface area contributed by atoms with Crippen LogP contribution in [0, 0.1) is 5.41 Å². The van der Waals surface area contributed by atoms with Gasteiger partial charge in [0.05, 0.1) is 9.95 Å². The lowest BCUT2D eigenvalue weighted by Crippen LogP contribution is -2.11. The maximum absolute atomic E-state index is 12.7. The normalized spacial score (nSPS) is 18.5. The lowest BCUT2D eigenvalue weighted by molar-refractivity contribution is -0.139. The van der Waals surface area contributed by atoms with Crippen LogP contribution in [-0.2, 0) is 16.0 Å². The summed E-state index contributed by atoms with van der Waals surface area (Å²) in [7, 11) is 0. The molecular formula is C17H15N3O4S2. The van der Waals surface area contributed by atoms with E-state index in [1.165, 1.54) is 11.3 Å². The quantitative estimate of drug-likeness (QED) is 0.730. The Balaban J connectivity index is 1.76. The number of ether oxygens (including phenoxy) is 1. The minimum absolute atomic E-state index is 0.148. The van der Waals surface area contributed by atoms with Gasteiger partial charge in [0.2, 0.25) is 0 Å². The molecule has 0 bridgehead atoms. The molecule has 2 aromatic rings. The lowest BCUT2D eigenvalue weighted by Gasteiger charge is -2.03. The zero-order chi connectivity index (χ0) is 18.7. The highest BCUT2D eigenvalue weighted by molar-refractivity contribution is 8.19. The molecule has 0 amide bonds. The van der Waals surface area contributed by atoms with Crippen molar-refractivity contribution in [2.24, 2.45) is 0 Å². The molecule has 1 aliphatic rings. The minimum Gasteiger partial charge on any atom is -0.482 e. The van der Waals surface area contributed by atoms with E-state index >= 15 is 0 Å². The summed E-state index contributed by atoms with van der Waals surface area (Å²) in [5.41, 5.74) is 0.767. The van der Waals surface area contributed by atoms with Gasteiger partial charge in [-0.25, -0.2) is 4.79 Å². The number of rotatable bonds is 6. The van der Waals surface area contributed by atoms with Crippen LogP contribution in [-0.4, -0.2) is 38.7 Å². The zero-order valence-corrected chi connectivity index (χ0v) is 15.4. The molecule has 2 heterocycles. The fourth-order valence-electron chi connectivity index (χ4n) is 2.30. The van der Waals surface area contributed by atoms with Gasteiger partial charge in [0.1, 0.15) is 21.7 Å². The highest BCUT2D eigenvalue weighted by atomic mass is 32.2. The summed E-state index contributed by atoms with van der Waals surface area (Å²) in [6, 6.07) is 6.74. The van der Waals surface area contributed by atoms with Crippen LogP contribution in [0.5, 0.6) is 5.75 Å². The highest BCUT2D eigenvalue weighted by Crippen LogP contribution is 2.41. The monoisotopic (exact) mass is 389 g/mol. The van der Waals surface area contributed by atoms with E-state index < -0.39 is 18.5 Å². The molecule has 0 spiro atoms. The third-order valence-electron chi connectivity index (χ3n) is 3.56. The van der Waals surface area contributed by atoms with Crippen LogP contribution in [0.1, 0.15) is 28.4 Å². The Bertz CT molecular complexity index is 890. The summed E-state index contributed by atoms with van der Waals surface area (Å²) in [6.07, 6.45) is 2.46. The van der Waals surface area contributed by atoms with Crippen molar-refractivity contribution in [1.82, 2.24) is 10.2 Å². The number of hydrogen-bond acceptors (Lipinski definition) is 8. The molecule has 2 N–H and O–H groups in total. The predicted molar refractivity (Wildman–Crippen MR) is 99.9 cm³/mol. The van der Waals surface area contributed by atoms with Crippen molar-refractivity contribution in [2.45, 2.75) is 19.3 Å². The molecule has 26 heavy (non-hydrogen) atoms. The average molecular weight is 389 g/mol. The second-order valence-corrected chi connectivity index (χ2v) is 7.59. The van der Waals surface area contributed by atoms with Gasteiger partial charge in [-0.1, -0.05) is 30.8 Å². The van der Waals surface area contributed by atoms with Crippen LogP contribution in [0.25, 0.3) is 6.08 Å². The van der Waals surface area contributed by atoms with Crippen molar-refractivity contribution in [3.63, 3.8) is 0 Å². The first-order valence-electron chi connectivity index (χ1n) is 7.77. The highest BCUT2D eigenvalue weighted by Gasteiger charge is 2.39. The van der Waals surface area contributed by atoms with Gasteiger partial charge >= 0.3 is 5.97 Å². The first kappa shape index (κ1) is 18.3. The van der Waals surface area contributed by atoms with Crippen molar-refractivity contribution >= 4 is 46.0 Å². The van der Waals surface area contributed by atoms with Crippen molar-refractivity contribution in [2.75, 3.05) is 6.61 Å². The second kappa shape index (κ2) is 7.79. The number of allylic oxidation sites excluding steroid dienone is 1. The number of hydrogen-bond donors (Lipinski definition) is 2. The standard InChI is InChI=1S/C17H15N3O4S2/c1-2-12-19-20-17(26-12)14-15(23)11(25-16(14)18)7-9-3-5-10(6-4-9)24-8-13(21)22/h3-7,14,18H,2,8H2,1H3,(H,21,22)/b11-7-,18-16?/t14-/m0/s1. The van der Waals surface area contributed by atoms with Crippen LogP contribution in [0.2, 0.25) is 0 Å². The first-order chi connectivity index (χ1) is 12.5. The van der Waals surface area contributed by atoms with Crippen LogP contribution < -0.4 is 4.74 Å². The van der Waals surface area contributed by atoms with Gasteiger partial charge < -0.3 is 9.84 Å². The molecule has 0 radical (unpaired) electrons. The van der Waals surface area contributed by atoms with Crippen molar-refractivity contribution in [1.29, 1.82) is 5.41 Å². The number of nitrogens with one attached hydrogen (secondary N) is 1. The van der Waals surface area contributed by atoms with E-state index in [0.29, 0.717) is 15.7 Å². The Kier molecular flexibility index (Phi) is 5.48. The average Bonchev–Trinajstić information content (AvgIpc) is 3.19. The summed E-state index contributed by atoms with van der Waals surface area (Å²) in [5, 5.41) is 26.5. The number of benzene rings is 1. The lowest BCUT2D eigenvalue weighted by atomic mass is 10.1. The van der Waals surface area contributed by atoms with Crippen LogP contribution in [0.4, 0.5) is 0 Å². The number of carboxylic acid groups (broad SMARTS) is 1. The SMILES string of the molecule is CCc1nnc([C@@H]2C(=N)S/C(=C\c3ccc(OCC(=O)O)cc3)C2=O)s1. The summed E-state index contributed by atoms with van der Waals surface area (Å²) in [5.74, 6) is -1.42. The number of thioether (sulfide) groups is 1. The summed E-state index contributed by atoms with van der Waals surface area (Å²) in [4.78, 5) is 23.7. The fourth-order valence-corrected chi connectivity index (χ4v) is 4.25. The Morgan fingerprint density at radius 1 is 1.35 bits per heavy atom. The zero-order valence-electron chi connectivity index (χ0n) is 13.8. The number of aliphatic carboxylic acids is 1. The number of aromatic nitrogens is 2. The molecular weight excluding hydrogens is 374 g/mol. The molecule has 0 saturated carbocycles. The Hall–Kier alpha value is -2.52. The molecule has 0 unspecified atom stereocenters. The molecule has 1 aromatic carbocycles. The third kappa shape index (κ3) is 4.00. The van der Waals surface area contributed by atoms with E-state index in [1.54, 1.807) is 30.3 Å². The van der Waals surface area contributed by atoms with Crippen LogP contribution in [0.3, 0.4) is 0 Å². The molecule has 1 aliphatic heterocycles. The Morgan fingerprint density at radius 2 is 2.08 bits per heavy atom. The summed E-state index contributed by atoms with van der Waals surface area (Å²) < 4.78 is 5.08. The molecule has 1 aromatic heterocycles. The Morgan fingerprint density at radius 3 is 2.69 bits per heavy atom. The summed E-state index contributed by atoms with van der Waals surface area (Å²) in [6.45, 7) is 1.56. The summed E-state index contributed by atoms with van der Waals surface area (Å²) >= 11 is 2.50. The van der Waals surface area contributed by atoms with E-state index in [0.717, 1.165) is 28.8 Å². The van der Waals surface area contributed by atoms with Crippen LogP contribution in [0.15, 0.2) is 29.2 Å². The fraction of sp³-hybridized carbons (Fsp3) is 0.235. The third-order valence-corrected chi connectivity index (χ3v) is 5.69. The largest absolute Gasteiger partial charge is 0.482 e. The molecule has 7 nitrogen and oxygen atoms in total. The van der Waals surface area contributed by atoms with Crippen molar-refractivity contribution in [3.8, 4) is 5.75 Å². The number of Topliss-reactive ketones (excluding diaryl/α,β-unsaturated/α-hetero) is 1. The van der Waals surface area contributed by atoms with E-state index in [2.05, 4.69) is 10.2 Å². The second-order valence-electron chi connectivity index (χ2n) is 5.41. The maximum Gasteiger partial charge on any atom is 0.341 e. The number of carbonyl (C=O) groups excluding carboxylic acids is 1. The van der Waals surface area contributed by atoms with Crippen molar-refractivity contribution in [3.05, 3.63) is 44.7 Å². The molecule has 134 valence electrons. The number of carbonyl (C=O) groups is 2. The molecule has 0 aliphatic carbocycles. The van der Waals surface area contributed by atoms with E-state index in [-0.39, 0.29) is 10.8 Å². The number of carboxylic acids is 1. The van der Waals surface area contributed by atoms with Gasteiger partial charge in [-0.2, -0.15) is 0 Å². The molecule has 1 atom stereocenters. The topological polar surface area (TPSA) is 113 Å². The predicted octanol–water partition coefficient (Wildman–Crippen LogP) is 2.98. The van der Waals surface area contributed by atoms with E-state index in [4.69, 9.17) is 15.3 Å². The van der Waals surface area contributed by atoms with Gasteiger partial charge in [0.25, 0.3) is 0 Å². The van der Waals surface area contributed by atoms with Gasteiger partial charge in [0, 0.05) is 0 Å². The van der Waals surface area contributed by atoms with Gasteiger partial charge in [-0.3, -0.25) is 10.2 Å². The van der Waals surface area contributed by atoms with Crippen molar-refractivity contribution < 1.29 is 19.4 Å². The molecule has 9 heteroatoms. The number of ketones is 1. The molecule has 1 saturated heterocycles. The van der Waals surface area contributed by atoms with Crippen LogP contribution >= 0.6 is 23.1 Å². The first-order valence-corrected chi connectivity index (χ1v) is 9.40. The van der Waals surface area contributed by atoms with E-state index in [9.17, 15) is 9.59 Å². The molecule has 3 rings (SSSR count).